The van der Waals surface area contributed by atoms with Crippen LogP contribution in [0.15, 0.2) is 63.4 Å². The van der Waals surface area contributed by atoms with Gasteiger partial charge in [-0.1, -0.05) is 30.3 Å². The van der Waals surface area contributed by atoms with Crippen LogP contribution in [0.25, 0.3) is 22.9 Å². The Balaban J connectivity index is 1.38. The molecule has 1 amide bonds. The van der Waals surface area contributed by atoms with Gasteiger partial charge in [0.2, 0.25) is 23.6 Å². The number of halogens is 1. The molecule has 1 N–H and O–H groups in total. The fourth-order valence-electron chi connectivity index (χ4n) is 2.75. The molecule has 0 atom stereocenters. The van der Waals surface area contributed by atoms with Crippen molar-refractivity contribution in [2.75, 3.05) is 0 Å². The molecule has 7 nitrogen and oxygen atoms in total. The average molecular weight is 392 g/mol. The van der Waals surface area contributed by atoms with E-state index in [9.17, 15) is 9.18 Å². The highest BCUT2D eigenvalue weighted by Crippen LogP contribution is 2.24. The zero-order valence-electron chi connectivity index (χ0n) is 15.6. The first-order valence-corrected chi connectivity index (χ1v) is 8.96. The van der Waals surface area contributed by atoms with Gasteiger partial charge in [-0.15, -0.1) is 10.2 Å². The molecule has 146 valence electrons. The van der Waals surface area contributed by atoms with Gasteiger partial charge >= 0.3 is 0 Å². The maximum absolute atomic E-state index is 13.9. The minimum absolute atomic E-state index is 0.0105. The summed E-state index contributed by atoms with van der Waals surface area (Å²) in [6.45, 7) is 1.78. The molecule has 2 aromatic heterocycles. The second kappa shape index (κ2) is 8.05. The molecular weight excluding hydrogens is 375 g/mol. The molecule has 0 saturated carbocycles. The number of carbonyl (C=O) groups is 1. The van der Waals surface area contributed by atoms with Crippen molar-refractivity contribution in [2.24, 2.45) is 0 Å². The number of aryl methyl sites for hydroxylation is 1. The van der Waals surface area contributed by atoms with E-state index in [4.69, 9.17) is 8.83 Å². The van der Waals surface area contributed by atoms with Crippen LogP contribution in [0.1, 0.15) is 17.3 Å². The van der Waals surface area contributed by atoms with Crippen LogP contribution in [-0.2, 0) is 17.8 Å². The van der Waals surface area contributed by atoms with Gasteiger partial charge in [-0.25, -0.2) is 9.37 Å². The molecule has 0 radical (unpaired) electrons. The minimum atomic E-state index is -0.435. The van der Waals surface area contributed by atoms with Gasteiger partial charge < -0.3 is 14.2 Å². The highest BCUT2D eigenvalue weighted by Gasteiger charge is 2.17. The van der Waals surface area contributed by atoms with Crippen molar-refractivity contribution in [3.05, 3.63) is 77.8 Å². The summed E-state index contributed by atoms with van der Waals surface area (Å²) in [5.74, 6) is 0.560. The quantitative estimate of drug-likeness (QED) is 0.538. The fourth-order valence-corrected chi connectivity index (χ4v) is 2.75. The maximum atomic E-state index is 13.9. The maximum Gasteiger partial charge on any atom is 0.247 e. The van der Waals surface area contributed by atoms with Gasteiger partial charge in [0.25, 0.3) is 0 Å². The number of hydrogen-bond donors (Lipinski definition) is 1. The van der Waals surface area contributed by atoms with Gasteiger partial charge in [-0.2, -0.15) is 0 Å². The smallest absolute Gasteiger partial charge is 0.247 e. The molecule has 2 heterocycles. The van der Waals surface area contributed by atoms with Crippen LogP contribution >= 0.6 is 0 Å². The van der Waals surface area contributed by atoms with E-state index in [0.29, 0.717) is 23.2 Å². The lowest BCUT2D eigenvalue weighted by atomic mass is 10.2. The molecule has 4 aromatic rings. The van der Waals surface area contributed by atoms with Gasteiger partial charge in [-0.3, -0.25) is 4.79 Å². The van der Waals surface area contributed by atoms with E-state index in [2.05, 4.69) is 20.5 Å². The predicted molar refractivity (Wildman–Crippen MR) is 102 cm³/mol. The lowest BCUT2D eigenvalue weighted by molar-refractivity contribution is -0.120. The highest BCUT2D eigenvalue weighted by molar-refractivity contribution is 5.78. The largest absolute Gasteiger partial charge is 0.441 e. The van der Waals surface area contributed by atoms with Gasteiger partial charge in [0.1, 0.15) is 11.6 Å². The Hall–Kier alpha value is -3.81. The first-order chi connectivity index (χ1) is 14.1. The van der Waals surface area contributed by atoms with Crippen molar-refractivity contribution in [1.29, 1.82) is 0 Å². The van der Waals surface area contributed by atoms with Gasteiger partial charge in [0.15, 0.2) is 0 Å². The van der Waals surface area contributed by atoms with Crippen molar-refractivity contribution >= 4 is 5.91 Å². The zero-order chi connectivity index (χ0) is 20.2. The summed E-state index contributed by atoms with van der Waals surface area (Å²) < 4.78 is 25.0. The van der Waals surface area contributed by atoms with Gasteiger partial charge in [-0.05, 0) is 31.2 Å². The molecule has 4 rings (SSSR count). The van der Waals surface area contributed by atoms with E-state index in [0.717, 1.165) is 5.56 Å². The number of hydrogen-bond acceptors (Lipinski definition) is 6. The lowest BCUT2D eigenvalue weighted by Crippen LogP contribution is -2.25. The third-order valence-corrected chi connectivity index (χ3v) is 4.25. The molecule has 0 bridgehead atoms. The monoisotopic (exact) mass is 392 g/mol. The number of nitrogens with one attached hydrogen (secondary N) is 1. The molecule has 8 heteroatoms. The number of aromatic nitrogens is 3. The Morgan fingerprint density at radius 3 is 2.55 bits per heavy atom. The highest BCUT2D eigenvalue weighted by atomic mass is 19.1. The molecule has 2 aromatic carbocycles. The Kier molecular flexibility index (Phi) is 5.15. The van der Waals surface area contributed by atoms with Crippen molar-refractivity contribution in [2.45, 2.75) is 19.9 Å². The topological polar surface area (TPSA) is 94.1 Å². The predicted octanol–water partition coefficient (Wildman–Crippen LogP) is 3.70. The van der Waals surface area contributed by atoms with Crippen molar-refractivity contribution in [3.63, 3.8) is 0 Å². The standard InChI is InChI=1S/C21H17FN4O3/c1-13-17(24-21(28-13)15-9-5-6-10-16(15)22)11-18(27)23-12-19-25-26-20(29-19)14-7-3-2-4-8-14/h2-10H,11-12H2,1H3,(H,23,27). The SMILES string of the molecule is Cc1oc(-c2ccccc2F)nc1CC(=O)NCc1nnc(-c2ccccc2)o1. The lowest BCUT2D eigenvalue weighted by Gasteiger charge is -2.00. The number of carbonyl (C=O) groups excluding carboxylic acids is 1. The number of nitrogens with zero attached hydrogens (tertiary/aromatic N) is 3. The first kappa shape index (κ1) is 18.5. The van der Waals surface area contributed by atoms with E-state index in [1.807, 2.05) is 30.3 Å². The molecule has 0 saturated heterocycles. The summed E-state index contributed by atoms with van der Waals surface area (Å²) in [7, 11) is 0. The molecule has 0 aliphatic carbocycles. The Labute approximate surface area is 165 Å². The van der Waals surface area contributed by atoms with Crippen LogP contribution in [0.2, 0.25) is 0 Å². The molecule has 0 fully saturated rings. The van der Waals surface area contributed by atoms with Crippen molar-refractivity contribution < 1.29 is 18.0 Å². The second-order valence-electron chi connectivity index (χ2n) is 6.32. The molecule has 0 spiro atoms. The van der Waals surface area contributed by atoms with Crippen LogP contribution in [0.3, 0.4) is 0 Å². The minimum Gasteiger partial charge on any atom is -0.441 e. The van der Waals surface area contributed by atoms with E-state index < -0.39 is 5.82 Å². The van der Waals surface area contributed by atoms with Crippen molar-refractivity contribution in [1.82, 2.24) is 20.5 Å². The van der Waals surface area contributed by atoms with E-state index in [1.165, 1.54) is 6.07 Å². The fraction of sp³-hybridized carbons (Fsp3) is 0.143. The number of oxazole rings is 1. The molecule has 0 unspecified atom stereocenters. The Morgan fingerprint density at radius 2 is 1.76 bits per heavy atom. The van der Waals surface area contributed by atoms with Crippen LogP contribution in [0.5, 0.6) is 0 Å². The van der Waals surface area contributed by atoms with Crippen LogP contribution < -0.4 is 5.32 Å². The molecule has 0 aliphatic rings. The van der Waals surface area contributed by atoms with Crippen LogP contribution in [0.4, 0.5) is 4.39 Å². The summed E-state index contributed by atoms with van der Waals surface area (Å²) in [6, 6.07) is 15.5. The van der Waals surface area contributed by atoms with Gasteiger partial charge in [0, 0.05) is 5.56 Å². The van der Waals surface area contributed by atoms with E-state index in [-0.39, 0.29) is 30.3 Å². The molecule has 29 heavy (non-hydrogen) atoms. The van der Waals surface area contributed by atoms with E-state index >= 15 is 0 Å². The average Bonchev–Trinajstić information content (AvgIpc) is 3.35. The third-order valence-electron chi connectivity index (χ3n) is 4.25. The van der Waals surface area contributed by atoms with E-state index in [1.54, 1.807) is 25.1 Å². The summed E-state index contributed by atoms with van der Waals surface area (Å²) >= 11 is 0. The number of benzene rings is 2. The molecule has 0 aliphatic heterocycles. The number of rotatable bonds is 6. The van der Waals surface area contributed by atoms with Crippen molar-refractivity contribution in [3.8, 4) is 22.9 Å². The zero-order valence-corrected chi connectivity index (χ0v) is 15.6. The van der Waals surface area contributed by atoms with Crippen LogP contribution in [-0.4, -0.2) is 21.1 Å². The number of amides is 1. The summed E-state index contributed by atoms with van der Waals surface area (Å²) in [5, 5.41) is 10.6. The Bertz CT molecular complexity index is 1140. The summed E-state index contributed by atoms with van der Waals surface area (Å²) in [4.78, 5) is 16.5. The second-order valence-corrected chi connectivity index (χ2v) is 6.32. The summed E-state index contributed by atoms with van der Waals surface area (Å²) in [5.41, 5.74) is 1.49. The third kappa shape index (κ3) is 4.21. The normalized spacial score (nSPS) is 10.8. The van der Waals surface area contributed by atoms with Gasteiger partial charge in [0.05, 0.1) is 24.2 Å². The summed E-state index contributed by atoms with van der Waals surface area (Å²) in [6.07, 6.45) is -0.0105. The first-order valence-electron chi connectivity index (χ1n) is 8.96. The molecular formula is C21H17FN4O3. The Morgan fingerprint density at radius 1 is 1.00 bits per heavy atom. The van der Waals surface area contributed by atoms with Crippen LogP contribution in [0, 0.1) is 12.7 Å².